The van der Waals surface area contributed by atoms with Gasteiger partial charge in [0.15, 0.2) is 0 Å². The first-order valence-corrected chi connectivity index (χ1v) is 8.28. The lowest BCUT2D eigenvalue weighted by atomic mass is 9.83. The average Bonchev–Trinajstić information content (AvgIpc) is 2.82. The lowest BCUT2D eigenvalue weighted by molar-refractivity contribution is -0.106. The van der Waals surface area contributed by atoms with Crippen LogP contribution in [-0.2, 0) is 9.47 Å². The SMILES string of the molecule is CC1CCNCC1OCC1CCC2(CCCCC2)O1. The van der Waals surface area contributed by atoms with Gasteiger partial charge in [0.1, 0.15) is 0 Å². The van der Waals surface area contributed by atoms with Crippen molar-refractivity contribution >= 4 is 0 Å². The molecule has 2 saturated heterocycles. The molecule has 1 saturated carbocycles. The van der Waals surface area contributed by atoms with Gasteiger partial charge in [-0.25, -0.2) is 0 Å². The van der Waals surface area contributed by atoms with E-state index in [4.69, 9.17) is 9.47 Å². The minimum absolute atomic E-state index is 0.239. The fourth-order valence-corrected chi connectivity index (χ4v) is 3.99. The van der Waals surface area contributed by atoms with Crippen LogP contribution in [0, 0.1) is 5.92 Å². The van der Waals surface area contributed by atoms with Gasteiger partial charge >= 0.3 is 0 Å². The van der Waals surface area contributed by atoms with Gasteiger partial charge in [-0.3, -0.25) is 0 Å². The van der Waals surface area contributed by atoms with Crippen LogP contribution in [0.15, 0.2) is 0 Å². The highest BCUT2D eigenvalue weighted by molar-refractivity contribution is 4.91. The summed E-state index contributed by atoms with van der Waals surface area (Å²) in [5, 5.41) is 3.43. The summed E-state index contributed by atoms with van der Waals surface area (Å²) in [6.07, 6.45) is 11.1. The fourth-order valence-electron chi connectivity index (χ4n) is 3.99. The van der Waals surface area contributed by atoms with Crippen LogP contribution >= 0.6 is 0 Å². The van der Waals surface area contributed by atoms with Crippen molar-refractivity contribution in [1.29, 1.82) is 0 Å². The van der Waals surface area contributed by atoms with Gasteiger partial charge in [0.25, 0.3) is 0 Å². The summed E-state index contributed by atoms with van der Waals surface area (Å²) in [5.74, 6) is 0.686. The summed E-state index contributed by atoms with van der Waals surface area (Å²) >= 11 is 0. The van der Waals surface area contributed by atoms with Gasteiger partial charge in [0, 0.05) is 6.54 Å². The standard InChI is InChI=1S/C16H29NO2/c1-13-6-10-17-11-15(13)18-12-14-5-9-16(19-14)7-3-2-4-8-16/h13-15,17H,2-12H2,1H3. The van der Waals surface area contributed by atoms with Gasteiger partial charge in [0.05, 0.1) is 24.4 Å². The summed E-state index contributed by atoms with van der Waals surface area (Å²) in [6, 6.07) is 0. The molecule has 1 aliphatic carbocycles. The van der Waals surface area contributed by atoms with E-state index < -0.39 is 0 Å². The van der Waals surface area contributed by atoms with E-state index in [0.717, 1.165) is 19.7 Å². The highest BCUT2D eigenvalue weighted by Gasteiger charge is 2.41. The van der Waals surface area contributed by atoms with E-state index in [1.807, 2.05) is 0 Å². The third kappa shape index (κ3) is 3.32. The first-order valence-electron chi connectivity index (χ1n) is 8.28. The molecule has 3 atom stereocenters. The number of hydrogen-bond acceptors (Lipinski definition) is 3. The summed E-state index contributed by atoms with van der Waals surface area (Å²) in [6.45, 7) is 5.27. The predicted octanol–water partition coefficient (Wildman–Crippen LogP) is 2.88. The second kappa shape index (κ2) is 6.11. The largest absolute Gasteiger partial charge is 0.374 e. The van der Waals surface area contributed by atoms with Crippen LogP contribution in [0.25, 0.3) is 0 Å². The van der Waals surface area contributed by atoms with Crippen molar-refractivity contribution in [3.8, 4) is 0 Å². The maximum atomic E-state index is 6.37. The van der Waals surface area contributed by atoms with Gasteiger partial charge in [0.2, 0.25) is 0 Å². The maximum Gasteiger partial charge on any atom is 0.0817 e. The van der Waals surface area contributed by atoms with Crippen LogP contribution in [-0.4, -0.2) is 37.5 Å². The molecule has 0 aromatic heterocycles. The summed E-state index contributed by atoms with van der Waals surface area (Å²) < 4.78 is 12.5. The summed E-state index contributed by atoms with van der Waals surface area (Å²) in [5.41, 5.74) is 0.239. The van der Waals surface area contributed by atoms with Gasteiger partial charge in [-0.15, -0.1) is 0 Å². The molecule has 3 rings (SSSR count). The third-order valence-electron chi connectivity index (χ3n) is 5.36. The summed E-state index contributed by atoms with van der Waals surface area (Å²) in [7, 11) is 0. The molecule has 0 radical (unpaired) electrons. The second-order valence-electron chi connectivity index (χ2n) is 6.86. The smallest absolute Gasteiger partial charge is 0.0817 e. The molecule has 0 amide bonds. The highest BCUT2D eigenvalue weighted by Crippen LogP contribution is 2.42. The topological polar surface area (TPSA) is 30.5 Å². The van der Waals surface area contributed by atoms with E-state index in [0.29, 0.717) is 18.1 Å². The Morgan fingerprint density at radius 2 is 2.00 bits per heavy atom. The van der Waals surface area contributed by atoms with Crippen molar-refractivity contribution in [2.75, 3.05) is 19.7 Å². The normalized spacial score (nSPS) is 38.7. The number of hydrogen-bond donors (Lipinski definition) is 1. The zero-order valence-electron chi connectivity index (χ0n) is 12.3. The Balaban J connectivity index is 1.44. The average molecular weight is 267 g/mol. The van der Waals surface area contributed by atoms with Crippen molar-refractivity contribution in [3.63, 3.8) is 0 Å². The lowest BCUT2D eigenvalue weighted by Crippen LogP contribution is -2.42. The molecule has 3 fully saturated rings. The molecule has 1 N–H and O–H groups in total. The Bertz CT molecular complexity index is 288. The van der Waals surface area contributed by atoms with E-state index in [9.17, 15) is 0 Å². The molecule has 3 heteroatoms. The Hall–Kier alpha value is -0.120. The fraction of sp³-hybridized carbons (Fsp3) is 1.00. The van der Waals surface area contributed by atoms with Crippen molar-refractivity contribution in [2.24, 2.45) is 5.92 Å². The molecule has 2 heterocycles. The number of nitrogens with one attached hydrogen (secondary N) is 1. The monoisotopic (exact) mass is 267 g/mol. The van der Waals surface area contributed by atoms with Crippen LogP contribution in [0.5, 0.6) is 0 Å². The van der Waals surface area contributed by atoms with Gasteiger partial charge < -0.3 is 14.8 Å². The molecule has 1 spiro atoms. The minimum Gasteiger partial charge on any atom is -0.374 e. The highest BCUT2D eigenvalue weighted by atomic mass is 16.6. The van der Waals surface area contributed by atoms with Crippen molar-refractivity contribution in [3.05, 3.63) is 0 Å². The van der Waals surface area contributed by atoms with Crippen LogP contribution in [0.4, 0.5) is 0 Å². The minimum atomic E-state index is 0.239. The van der Waals surface area contributed by atoms with E-state index in [1.54, 1.807) is 0 Å². The third-order valence-corrected chi connectivity index (χ3v) is 5.36. The van der Waals surface area contributed by atoms with Crippen molar-refractivity contribution in [2.45, 2.75) is 76.1 Å². The molecule has 0 bridgehead atoms. The molecule has 0 aromatic rings. The van der Waals surface area contributed by atoms with Crippen LogP contribution < -0.4 is 5.32 Å². The van der Waals surface area contributed by atoms with Crippen LogP contribution in [0.3, 0.4) is 0 Å². The molecule has 3 nitrogen and oxygen atoms in total. The van der Waals surface area contributed by atoms with Crippen LogP contribution in [0.1, 0.15) is 58.3 Å². The molecular weight excluding hydrogens is 238 g/mol. The predicted molar refractivity (Wildman–Crippen MR) is 76.3 cm³/mol. The van der Waals surface area contributed by atoms with E-state index in [-0.39, 0.29) is 5.60 Å². The molecule has 3 aliphatic rings. The number of ether oxygens (including phenoxy) is 2. The zero-order chi connectivity index (χ0) is 13.1. The molecular formula is C16H29NO2. The lowest BCUT2D eigenvalue weighted by Gasteiger charge is -2.34. The molecule has 2 aliphatic heterocycles. The van der Waals surface area contributed by atoms with Crippen molar-refractivity contribution < 1.29 is 9.47 Å². The first kappa shape index (κ1) is 13.8. The number of rotatable bonds is 3. The Kier molecular flexibility index (Phi) is 4.45. The van der Waals surface area contributed by atoms with Gasteiger partial charge in [-0.05, 0) is 44.6 Å². The van der Waals surface area contributed by atoms with Gasteiger partial charge in [-0.2, -0.15) is 0 Å². The molecule has 110 valence electrons. The first-order chi connectivity index (χ1) is 9.27. The molecule has 3 unspecified atom stereocenters. The Morgan fingerprint density at radius 1 is 1.16 bits per heavy atom. The Morgan fingerprint density at radius 3 is 2.79 bits per heavy atom. The van der Waals surface area contributed by atoms with E-state index in [2.05, 4.69) is 12.2 Å². The molecule has 19 heavy (non-hydrogen) atoms. The van der Waals surface area contributed by atoms with E-state index in [1.165, 1.54) is 51.4 Å². The molecule has 0 aromatic carbocycles. The second-order valence-corrected chi connectivity index (χ2v) is 6.86. The van der Waals surface area contributed by atoms with Gasteiger partial charge in [-0.1, -0.05) is 26.2 Å². The van der Waals surface area contributed by atoms with Crippen molar-refractivity contribution in [1.82, 2.24) is 5.32 Å². The maximum absolute atomic E-state index is 6.37. The van der Waals surface area contributed by atoms with Crippen LogP contribution in [0.2, 0.25) is 0 Å². The Labute approximate surface area is 117 Å². The zero-order valence-corrected chi connectivity index (χ0v) is 12.3. The quantitative estimate of drug-likeness (QED) is 0.853. The number of piperidine rings is 1. The van der Waals surface area contributed by atoms with E-state index >= 15 is 0 Å². The summed E-state index contributed by atoms with van der Waals surface area (Å²) in [4.78, 5) is 0.